The number of hydrogen-bond acceptors (Lipinski definition) is 5. The number of hydrogen-bond donors (Lipinski definition) is 1. The van der Waals surface area contributed by atoms with Crippen LogP contribution < -0.4 is 5.73 Å². The molecule has 0 aliphatic carbocycles. The quantitative estimate of drug-likeness (QED) is 0.602. The minimum atomic E-state index is -0.269. The van der Waals surface area contributed by atoms with E-state index in [0.29, 0.717) is 43.4 Å². The SMILES string of the molecule is C=CCn1cnnc1SCC(=O)N1CCC(C(N)=O)CC1. The Morgan fingerprint density at radius 1 is 1.48 bits per heavy atom. The lowest BCUT2D eigenvalue weighted by Crippen LogP contribution is -2.42. The van der Waals surface area contributed by atoms with Crippen LogP contribution in [0.3, 0.4) is 0 Å². The average molecular weight is 309 g/mol. The summed E-state index contributed by atoms with van der Waals surface area (Å²) in [6, 6.07) is 0. The molecule has 114 valence electrons. The van der Waals surface area contributed by atoms with Crippen molar-refractivity contribution in [2.75, 3.05) is 18.8 Å². The summed E-state index contributed by atoms with van der Waals surface area (Å²) in [6.45, 7) is 5.47. The first-order valence-electron chi connectivity index (χ1n) is 6.80. The Morgan fingerprint density at radius 2 is 2.19 bits per heavy atom. The number of amides is 2. The van der Waals surface area contributed by atoms with Gasteiger partial charge in [0.1, 0.15) is 6.33 Å². The fraction of sp³-hybridized carbons (Fsp3) is 0.538. The average Bonchev–Trinajstić information content (AvgIpc) is 2.92. The molecule has 0 aromatic carbocycles. The Morgan fingerprint density at radius 3 is 2.81 bits per heavy atom. The van der Waals surface area contributed by atoms with Crippen LogP contribution in [0, 0.1) is 5.92 Å². The predicted molar refractivity (Wildman–Crippen MR) is 79.4 cm³/mol. The molecule has 0 unspecified atom stereocenters. The molecular formula is C13H19N5O2S. The van der Waals surface area contributed by atoms with Crippen LogP contribution in [0.25, 0.3) is 0 Å². The second kappa shape index (κ2) is 7.26. The molecule has 7 nitrogen and oxygen atoms in total. The van der Waals surface area contributed by atoms with E-state index >= 15 is 0 Å². The zero-order valence-electron chi connectivity index (χ0n) is 11.8. The molecule has 8 heteroatoms. The third kappa shape index (κ3) is 4.07. The maximum atomic E-state index is 12.2. The number of nitrogens with two attached hydrogens (primary N) is 1. The molecule has 1 aliphatic rings. The van der Waals surface area contributed by atoms with Crippen molar-refractivity contribution in [2.24, 2.45) is 11.7 Å². The second-order valence-electron chi connectivity index (χ2n) is 4.90. The van der Waals surface area contributed by atoms with Gasteiger partial charge in [-0.05, 0) is 12.8 Å². The molecule has 0 atom stereocenters. The van der Waals surface area contributed by atoms with Gasteiger partial charge in [-0.3, -0.25) is 9.59 Å². The van der Waals surface area contributed by atoms with Gasteiger partial charge in [-0.25, -0.2) is 0 Å². The highest BCUT2D eigenvalue weighted by Crippen LogP contribution is 2.20. The Hall–Kier alpha value is -1.83. The Kier molecular flexibility index (Phi) is 5.38. The second-order valence-corrected chi connectivity index (χ2v) is 5.84. The normalized spacial score (nSPS) is 15.9. The third-order valence-electron chi connectivity index (χ3n) is 3.48. The first kappa shape index (κ1) is 15.6. The number of piperidine rings is 1. The minimum absolute atomic E-state index is 0.0519. The topological polar surface area (TPSA) is 94.1 Å². The van der Waals surface area contributed by atoms with Crippen LogP contribution in [-0.2, 0) is 16.1 Å². The zero-order valence-corrected chi connectivity index (χ0v) is 12.6. The van der Waals surface area contributed by atoms with Crippen LogP contribution in [0.15, 0.2) is 24.1 Å². The van der Waals surface area contributed by atoms with Crippen molar-refractivity contribution in [1.29, 1.82) is 0 Å². The molecule has 1 saturated heterocycles. The van der Waals surface area contributed by atoms with Gasteiger partial charge in [-0.2, -0.15) is 0 Å². The number of nitrogens with zero attached hydrogens (tertiary/aromatic N) is 4. The van der Waals surface area contributed by atoms with Crippen molar-refractivity contribution in [3.63, 3.8) is 0 Å². The van der Waals surface area contributed by atoms with Crippen LogP contribution in [0.5, 0.6) is 0 Å². The fourth-order valence-electron chi connectivity index (χ4n) is 2.25. The first-order valence-corrected chi connectivity index (χ1v) is 7.79. The van der Waals surface area contributed by atoms with Gasteiger partial charge >= 0.3 is 0 Å². The molecule has 2 heterocycles. The first-order chi connectivity index (χ1) is 10.1. The maximum Gasteiger partial charge on any atom is 0.233 e. The summed E-state index contributed by atoms with van der Waals surface area (Å²) >= 11 is 1.36. The molecule has 0 bridgehead atoms. The van der Waals surface area contributed by atoms with Gasteiger partial charge < -0.3 is 15.2 Å². The molecule has 0 spiro atoms. The summed E-state index contributed by atoms with van der Waals surface area (Å²) in [6.07, 6.45) is 4.67. The van der Waals surface area contributed by atoms with Crippen LogP contribution >= 0.6 is 11.8 Å². The van der Waals surface area contributed by atoms with Crippen LogP contribution in [0.4, 0.5) is 0 Å². The Bertz CT molecular complexity index is 522. The monoisotopic (exact) mass is 309 g/mol. The van der Waals surface area contributed by atoms with E-state index in [1.54, 1.807) is 17.3 Å². The lowest BCUT2D eigenvalue weighted by Gasteiger charge is -2.30. The number of rotatable bonds is 6. The number of aromatic nitrogens is 3. The number of allylic oxidation sites excluding steroid dienone is 1. The van der Waals surface area contributed by atoms with Crippen LogP contribution in [0.1, 0.15) is 12.8 Å². The molecule has 1 fully saturated rings. The number of carbonyl (C=O) groups excluding carboxylic acids is 2. The molecule has 1 aromatic heterocycles. The summed E-state index contributed by atoms with van der Waals surface area (Å²) in [5.74, 6) is -0.000618. The Labute approximate surface area is 127 Å². The summed E-state index contributed by atoms with van der Waals surface area (Å²) in [7, 11) is 0. The van der Waals surface area contributed by atoms with Gasteiger partial charge in [0.2, 0.25) is 11.8 Å². The number of thioether (sulfide) groups is 1. The number of primary amides is 1. The largest absolute Gasteiger partial charge is 0.369 e. The zero-order chi connectivity index (χ0) is 15.2. The predicted octanol–water partition coefficient (Wildman–Crippen LogP) is 0.280. The third-order valence-corrected chi connectivity index (χ3v) is 4.45. The molecular weight excluding hydrogens is 290 g/mol. The van der Waals surface area contributed by atoms with E-state index in [0.717, 1.165) is 0 Å². The molecule has 0 saturated carbocycles. The van der Waals surface area contributed by atoms with Gasteiger partial charge in [0.25, 0.3) is 0 Å². The molecule has 21 heavy (non-hydrogen) atoms. The number of carbonyl (C=O) groups is 2. The Balaban J connectivity index is 1.81. The van der Waals surface area contributed by atoms with Crippen molar-refractivity contribution in [1.82, 2.24) is 19.7 Å². The highest BCUT2D eigenvalue weighted by Gasteiger charge is 2.25. The van der Waals surface area contributed by atoms with E-state index in [9.17, 15) is 9.59 Å². The van der Waals surface area contributed by atoms with E-state index in [4.69, 9.17) is 5.73 Å². The fourth-order valence-corrected chi connectivity index (χ4v) is 3.08. The number of likely N-dealkylation sites (tertiary alicyclic amines) is 1. The van der Waals surface area contributed by atoms with E-state index in [1.807, 2.05) is 4.57 Å². The van der Waals surface area contributed by atoms with Gasteiger partial charge in [-0.15, -0.1) is 16.8 Å². The van der Waals surface area contributed by atoms with E-state index < -0.39 is 0 Å². The minimum Gasteiger partial charge on any atom is -0.369 e. The van der Waals surface area contributed by atoms with Gasteiger partial charge in [0.15, 0.2) is 5.16 Å². The van der Waals surface area contributed by atoms with Crippen LogP contribution in [-0.4, -0.2) is 50.3 Å². The van der Waals surface area contributed by atoms with Crippen molar-refractivity contribution in [2.45, 2.75) is 24.5 Å². The molecule has 0 radical (unpaired) electrons. The van der Waals surface area contributed by atoms with Crippen molar-refractivity contribution in [3.05, 3.63) is 19.0 Å². The van der Waals surface area contributed by atoms with Crippen molar-refractivity contribution >= 4 is 23.6 Å². The summed E-state index contributed by atoms with van der Waals surface area (Å²) in [5, 5.41) is 8.52. The van der Waals surface area contributed by atoms with Crippen LogP contribution in [0.2, 0.25) is 0 Å². The molecule has 2 amide bonds. The molecule has 2 rings (SSSR count). The van der Waals surface area contributed by atoms with Crippen molar-refractivity contribution in [3.8, 4) is 0 Å². The molecule has 1 aromatic rings. The molecule has 2 N–H and O–H groups in total. The summed E-state index contributed by atoms with van der Waals surface area (Å²) in [5.41, 5.74) is 5.28. The van der Waals surface area contributed by atoms with Crippen molar-refractivity contribution < 1.29 is 9.59 Å². The highest BCUT2D eigenvalue weighted by atomic mass is 32.2. The highest BCUT2D eigenvalue weighted by molar-refractivity contribution is 7.99. The summed E-state index contributed by atoms with van der Waals surface area (Å²) < 4.78 is 1.84. The van der Waals surface area contributed by atoms with E-state index in [1.165, 1.54) is 11.8 Å². The lowest BCUT2D eigenvalue weighted by atomic mass is 9.96. The van der Waals surface area contributed by atoms with Gasteiger partial charge in [0.05, 0.1) is 5.75 Å². The smallest absolute Gasteiger partial charge is 0.233 e. The molecule has 1 aliphatic heterocycles. The maximum absolute atomic E-state index is 12.2. The lowest BCUT2D eigenvalue weighted by molar-refractivity contribution is -0.132. The van der Waals surface area contributed by atoms with E-state index in [-0.39, 0.29) is 17.7 Å². The summed E-state index contributed by atoms with van der Waals surface area (Å²) in [4.78, 5) is 25.0. The van der Waals surface area contributed by atoms with Gasteiger partial charge in [0, 0.05) is 25.6 Å². The van der Waals surface area contributed by atoms with Gasteiger partial charge in [-0.1, -0.05) is 17.8 Å². The standard InChI is InChI=1S/C13H19N5O2S/c1-2-5-18-9-15-16-13(18)21-8-11(19)17-6-3-10(4-7-17)12(14)20/h2,9-10H,1,3-8H2,(H2,14,20). The van der Waals surface area contributed by atoms with E-state index in [2.05, 4.69) is 16.8 Å².